The lowest BCUT2D eigenvalue weighted by Crippen LogP contribution is -2.03. The quantitative estimate of drug-likeness (QED) is 0.414. The summed E-state index contributed by atoms with van der Waals surface area (Å²) < 4.78 is 0. The average molecular weight is 131 g/mol. The van der Waals surface area contributed by atoms with Crippen LogP contribution in [0.15, 0.2) is 11.6 Å². The van der Waals surface area contributed by atoms with Gasteiger partial charge < -0.3 is 9.94 Å². The molecule has 0 saturated heterocycles. The maximum absolute atomic E-state index is 9.91. The first-order valence-electron chi connectivity index (χ1n) is 2.38. The van der Waals surface area contributed by atoms with Crippen molar-refractivity contribution in [3.63, 3.8) is 0 Å². The summed E-state index contributed by atoms with van der Waals surface area (Å²) in [6.45, 7) is 1.78. The van der Waals surface area contributed by atoms with Gasteiger partial charge >= 0.3 is 5.97 Å². The Labute approximate surface area is 52.9 Å². The van der Waals surface area contributed by atoms with Crippen LogP contribution in [-0.4, -0.2) is 17.7 Å². The Balaban J connectivity index is 3.69. The van der Waals surface area contributed by atoms with E-state index < -0.39 is 5.97 Å². The van der Waals surface area contributed by atoms with E-state index in [4.69, 9.17) is 5.11 Å². The SMILES string of the molecule is CC(=CC(=O)O)CON. The van der Waals surface area contributed by atoms with Crippen LogP contribution in [-0.2, 0) is 9.63 Å². The van der Waals surface area contributed by atoms with Crippen molar-refractivity contribution in [2.24, 2.45) is 5.90 Å². The van der Waals surface area contributed by atoms with Gasteiger partial charge in [-0.05, 0) is 12.5 Å². The molecule has 0 bridgehead atoms. The lowest BCUT2D eigenvalue weighted by Gasteiger charge is -1.93. The van der Waals surface area contributed by atoms with E-state index in [0.717, 1.165) is 6.08 Å². The maximum Gasteiger partial charge on any atom is 0.328 e. The number of carbonyl (C=O) groups is 1. The molecule has 0 aromatic carbocycles. The van der Waals surface area contributed by atoms with Crippen molar-refractivity contribution in [2.45, 2.75) is 6.92 Å². The van der Waals surface area contributed by atoms with Gasteiger partial charge in [0, 0.05) is 6.08 Å². The number of rotatable bonds is 3. The Bertz CT molecular complexity index is 130. The minimum absolute atomic E-state index is 0.159. The third-order valence-corrected chi connectivity index (χ3v) is 0.681. The second-order valence-electron chi connectivity index (χ2n) is 1.64. The Morgan fingerprint density at radius 3 is 2.78 bits per heavy atom. The molecule has 4 nitrogen and oxygen atoms in total. The van der Waals surface area contributed by atoms with Crippen LogP contribution in [0.1, 0.15) is 6.92 Å². The smallest absolute Gasteiger partial charge is 0.328 e. The summed E-state index contributed by atoms with van der Waals surface area (Å²) >= 11 is 0. The molecule has 9 heavy (non-hydrogen) atoms. The van der Waals surface area contributed by atoms with E-state index in [1.165, 1.54) is 0 Å². The summed E-state index contributed by atoms with van der Waals surface area (Å²) in [4.78, 5) is 14.1. The van der Waals surface area contributed by atoms with Gasteiger partial charge in [-0.15, -0.1) is 0 Å². The van der Waals surface area contributed by atoms with Gasteiger partial charge in [0.05, 0.1) is 6.61 Å². The van der Waals surface area contributed by atoms with Crippen LogP contribution in [0.4, 0.5) is 0 Å². The highest BCUT2D eigenvalue weighted by atomic mass is 16.6. The molecule has 3 N–H and O–H groups in total. The van der Waals surface area contributed by atoms with Gasteiger partial charge in [0.2, 0.25) is 0 Å². The molecule has 0 aliphatic carbocycles. The van der Waals surface area contributed by atoms with Crippen LogP contribution >= 0.6 is 0 Å². The molecule has 0 fully saturated rings. The summed E-state index contributed by atoms with van der Waals surface area (Å²) in [7, 11) is 0. The summed E-state index contributed by atoms with van der Waals surface area (Å²) in [5.74, 6) is 3.69. The van der Waals surface area contributed by atoms with Crippen molar-refractivity contribution in [2.75, 3.05) is 6.61 Å². The first-order chi connectivity index (χ1) is 4.16. The summed E-state index contributed by atoms with van der Waals surface area (Å²) in [6.07, 6.45) is 1.05. The molecular weight excluding hydrogens is 122 g/mol. The van der Waals surface area contributed by atoms with Gasteiger partial charge in [0.15, 0.2) is 0 Å². The molecule has 0 unspecified atom stereocenters. The fourth-order valence-corrected chi connectivity index (χ4v) is 0.384. The van der Waals surface area contributed by atoms with Crippen molar-refractivity contribution < 1.29 is 14.7 Å². The molecule has 0 aromatic rings. The molecule has 4 heteroatoms. The Morgan fingerprint density at radius 2 is 2.44 bits per heavy atom. The third kappa shape index (κ3) is 4.99. The van der Waals surface area contributed by atoms with Crippen LogP contribution < -0.4 is 5.90 Å². The Hall–Kier alpha value is -0.870. The second kappa shape index (κ2) is 4.05. The van der Waals surface area contributed by atoms with Gasteiger partial charge in [-0.3, -0.25) is 0 Å². The highest BCUT2D eigenvalue weighted by Gasteiger charge is 1.91. The third-order valence-electron chi connectivity index (χ3n) is 0.681. The van der Waals surface area contributed by atoms with Crippen LogP contribution in [0.3, 0.4) is 0 Å². The van der Waals surface area contributed by atoms with Gasteiger partial charge in [-0.2, -0.15) is 0 Å². The van der Waals surface area contributed by atoms with Crippen LogP contribution in [0.25, 0.3) is 0 Å². The molecule has 0 heterocycles. The predicted octanol–water partition coefficient (Wildman–Crippen LogP) is -0.0924. The summed E-state index contributed by atoms with van der Waals surface area (Å²) in [5, 5.41) is 8.14. The highest BCUT2D eigenvalue weighted by Crippen LogP contribution is 1.89. The van der Waals surface area contributed by atoms with Crippen molar-refractivity contribution >= 4 is 5.97 Å². The number of carboxylic acid groups (broad SMARTS) is 1. The maximum atomic E-state index is 9.91. The molecule has 0 amide bonds. The van der Waals surface area contributed by atoms with E-state index in [-0.39, 0.29) is 6.61 Å². The van der Waals surface area contributed by atoms with Crippen molar-refractivity contribution in [1.82, 2.24) is 0 Å². The van der Waals surface area contributed by atoms with E-state index >= 15 is 0 Å². The average Bonchev–Trinajstić information content (AvgIpc) is 1.63. The molecule has 0 radical (unpaired) electrons. The Kier molecular flexibility index (Phi) is 3.66. The van der Waals surface area contributed by atoms with E-state index in [1.54, 1.807) is 6.92 Å². The predicted molar refractivity (Wildman–Crippen MR) is 31.5 cm³/mol. The van der Waals surface area contributed by atoms with E-state index in [1.807, 2.05) is 0 Å². The number of carboxylic acids is 1. The van der Waals surface area contributed by atoms with Crippen molar-refractivity contribution in [3.05, 3.63) is 11.6 Å². The minimum atomic E-state index is -0.982. The highest BCUT2D eigenvalue weighted by molar-refractivity contribution is 5.80. The molecule has 0 aliphatic rings. The topological polar surface area (TPSA) is 72.5 Å². The molecule has 0 rings (SSSR count). The number of aliphatic carboxylic acids is 1. The van der Waals surface area contributed by atoms with E-state index in [2.05, 4.69) is 10.7 Å². The first-order valence-corrected chi connectivity index (χ1v) is 2.38. The first kappa shape index (κ1) is 8.13. The zero-order valence-corrected chi connectivity index (χ0v) is 5.13. The van der Waals surface area contributed by atoms with Gasteiger partial charge in [0.1, 0.15) is 0 Å². The molecular formula is C5H9NO3. The molecule has 52 valence electrons. The lowest BCUT2D eigenvalue weighted by atomic mass is 10.3. The van der Waals surface area contributed by atoms with Crippen LogP contribution in [0.5, 0.6) is 0 Å². The molecule has 0 saturated carbocycles. The fourth-order valence-electron chi connectivity index (χ4n) is 0.384. The van der Waals surface area contributed by atoms with E-state index in [0.29, 0.717) is 5.57 Å². The zero-order chi connectivity index (χ0) is 7.28. The molecule has 0 atom stereocenters. The van der Waals surface area contributed by atoms with E-state index in [9.17, 15) is 4.79 Å². The van der Waals surface area contributed by atoms with Gasteiger partial charge in [-0.25, -0.2) is 10.7 Å². The van der Waals surface area contributed by atoms with Crippen molar-refractivity contribution in [3.8, 4) is 0 Å². The van der Waals surface area contributed by atoms with Gasteiger partial charge in [0.25, 0.3) is 0 Å². The number of nitrogens with two attached hydrogens (primary N) is 1. The molecule has 0 spiro atoms. The minimum Gasteiger partial charge on any atom is -0.478 e. The van der Waals surface area contributed by atoms with Crippen molar-refractivity contribution in [1.29, 1.82) is 0 Å². The largest absolute Gasteiger partial charge is 0.478 e. The zero-order valence-electron chi connectivity index (χ0n) is 5.13. The Morgan fingerprint density at radius 1 is 1.89 bits per heavy atom. The molecule has 0 aromatic heterocycles. The number of hydrogen-bond acceptors (Lipinski definition) is 3. The van der Waals surface area contributed by atoms with Gasteiger partial charge in [-0.1, -0.05) is 0 Å². The monoisotopic (exact) mass is 131 g/mol. The van der Waals surface area contributed by atoms with Crippen LogP contribution in [0.2, 0.25) is 0 Å². The summed E-state index contributed by atoms with van der Waals surface area (Å²) in [5.41, 5.74) is 0.588. The second-order valence-corrected chi connectivity index (χ2v) is 1.64. The fraction of sp³-hybridized carbons (Fsp3) is 0.400. The summed E-state index contributed by atoms with van der Waals surface area (Å²) in [6, 6.07) is 0. The lowest BCUT2D eigenvalue weighted by molar-refractivity contribution is -0.131. The standard InChI is InChI=1S/C5H9NO3/c1-4(3-9-6)2-5(7)8/h2H,3,6H2,1H3,(H,7,8). The van der Waals surface area contributed by atoms with Crippen LogP contribution in [0, 0.1) is 0 Å². The number of hydrogen-bond donors (Lipinski definition) is 2. The molecule has 0 aliphatic heterocycles. The normalized spacial score (nSPS) is 11.6.